The van der Waals surface area contributed by atoms with Crippen molar-refractivity contribution in [2.24, 2.45) is 4.99 Å². The van der Waals surface area contributed by atoms with Crippen LogP contribution in [0.1, 0.15) is 50.3 Å². The molecule has 122 valence electrons. The van der Waals surface area contributed by atoms with Gasteiger partial charge in [-0.25, -0.2) is 0 Å². The minimum Gasteiger partial charge on any atom is -0.372 e. The molecule has 0 saturated heterocycles. The van der Waals surface area contributed by atoms with E-state index < -0.39 is 0 Å². The van der Waals surface area contributed by atoms with Crippen LogP contribution in [-0.4, -0.2) is 19.3 Å². The summed E-state index contributed by atoms with van der Waals surface area (Å²) < 4.78 is 0. The third-order valence-corrected chi connectivity index (χ3v) is 4.26. The van der Waals surface area contributed by atoms with Gasteiger partial charge in [0.25, 0.3) is 0 Å². The van der Waals surface area contributed by atoms with Crippen LogP contribution in [0.4, 0.5) is 11.4 Å². The Morgan fingerprint density at radius 3 is 2.22 bits per heavy atom. The third-order valence-electron chi connectivity index (χ3n) is 4.26. The predicted octanol–water partition coefficient (Wildman–Crippen LogP) is 5.72. The van der Waals surface area contributed by atoms with Gasteiger partial charge in [-0.1, -0.05) is 44.2 Å². The van der Waals surface area contributed by atoms with Gasteiger partial charge < -0.3 is 4.90 Å². The highest BCUT2D eigenvalue weighted by Gasteiger charge is 2.07. The summed E-state index contributed by atoms with van der Waals surface area (Å²) in [5.74, 6) is 0.479. The normalized spacial score (nSPS) is 11.4. The summed E-state index contributed by atoms with van der Waals surface area (Å²) in [5.41, 5.74) is 6.05. The summed E-state index contributed by atoms with van der Waals surface area (Å²) in [4.78, 5) is 7.12. The van der Waals surface area contributed by atoms with E-state index in [1.165, 1.54) is 16.8 Å². The van der Waals surface area contributed by atoms with Gasteiger partial charge in [0.15, 0.2) is 0 Å². The van der Waals surface area contributed by atoms with Crippen LogP contribution in [0.5, 0.6) is 0 Å². The zero-order chi connectivity index (χ0) is 16.8. The summed E-state index contributed by atoms with van der Waals surface area (Å²) in [5, 5.41) is 0. The average Bonchev–Trinajstić information content (AvgIpc) is 2.55. The zero-order valence-electron chi connectivity index (χ0n) is 15.0. The second-order valence-electron chi connectivity index (χ2n) is 6.19. The minimum absolute atomic E-state index is 0.479. The van der Waals surface area contributed by atoms with Crippen molar-refractivity contribution in [3.63, 3.8) is 0 Å². The molecule has 2 aromatic rings. The molecule has 0 saturated carbocycles. The number of hydrogen-bond acceptors (Lipinski definition) is 2. The van der Waals surface area contributed by atoms with E-state index in [1.54, 1.807) is 0 Å². The van der Waals surface area contributed by atoms with Gasteiger partial charge in [0.2, 0.25) is 0 Å². The van der Waals surface area contributed by atoms with E-state index in [2.05, 4.69) is 82.0 Å². The van der Waals surface area contributed by atoms with E-state index >= 15 is 0 Å². The molecule has 2 rings (SSSR count). The average molecular weight is 308 g/mol. The van der Waals surface area contributed by atoms with Gasteiger partial charge in [-0.15, -0.1) is 0 Å². The summed E-state index contributed by atoms with van der Waals surface area (Å²) in [6.45, 7) is 13.0. The molecule has 0 radical (unpaired) electrons. The number of benzene rings is 2. The first-order valence-electron chi connectivity index (χ1n) is 8.55. The van der Waals surface area contributed by atoms with Crippen molar-refractivity contribution in [3.05, 3.63) is 59.2 Å². The molecule has 0 amide bonds. The molecule has 2 nitrogen and oxygen atoms in total. The fraction of sp³-hybridized carbons (Fsp3) is 0.381. The lowest BCUT2D eigenvalue weighted by Gasteiger charge is -2.20. The van der Waals surface area contributed by atoms with Crippen molar-refractivity contribution in [2.45, 2.75) is 40.5 Å². The maximum absolute atomic E-state index is 4.77. The molecule has 0 fully saturated rings. The van der Waals surface area contributed by atoms with Crippen LogP contribution in [0.25, 0.3) is 0 Å². The summed E-state index contributed by atoms with van der Waals surface area (Å²) in [6.07, 6.45) is 1.97. The first-order valence-corrected chi connectivity index (χ1v) is 8.55. The Balaban J connectivity index is 2.24. The number of hydrogen-bond donors (Lipinski definition) is 0. The number of nitrogens with zero attached hydrogens (tertiary/aromatic N) is 2. The van der Waals surface area contributed by atoms with Crippen LogP contribution < -0.4 is 4.90 Å². The quantitative estimate of drug-likeness (QED) is 0.624. The molecule has 0 heterocycles. The number of aliphatic imine (C=N–C) groups is 1. The van der Waals surface area contributed by atoms with E-state index in [0.29, 0.717) is 5.92 Å². The summed E-state index contributed by atoms with van der Waals surface area (Å²) in [6, 6.07) is 15.1. The van der Waals surface area contributed by atoms with Crippen molar-refractivity contribution < 1.29 is 0 Å². The molecular weight excluding hydrogens is 280 g/mol. The van der Waals surface area contributed by atoms with Gasteiger partial charge in [0.05, 0.1) is 5.69 Å². The molecule has 0 spiro atoms. The number of aryl methyl sites for hydroxylation is 1. The lowest BCUT2D eigenvalue weighted by molar-refractivity contribution is 0.865. The van der Waals surface area contributed by atoms with Gasteiger partial charge in [0, 0.05) is 25.0 Å². The van der Waals surface area contributed by atoms with Gasteiger partial charge in [-0.2, -0.15) is 0 Å². The number of anilines is 1. The van der Waals surface area contributed by atoms with E-state index in [9.17, 15) is 0 Å². The molecule has 2 aromatic carbocycles. The zero-order valence-corrected chi connectivity index (χ0v) is 15.0. The topological polar surface area (TPSA) is 15.6 Å². The highest BCUT2D eigenvalue weighted by Crippen LogP contribution is 2.30. The Kier molecular flexibility index (Phi) is 5.97. The summed E-state index contributed by atoms with van der Waals surface area (Å²) >= 11 is 0. The van der Waals surface area contributed by atoms with Crippen molar-refractivity contribution in [1.82, 2.24) is 0 Å². The molecule has 2 heteroatoms. The number of para-hydroxylation sites is 1. The molecule has 0 aliphatic carbocycles. The van der Waals surface area contributed by atoms with E-state index in [-0.39, 0.29) is 0 Å². The second-order valence-corrected chi connectivity index (χ2v) is 6.19. The van der Waals surface area contributed by atoms with E-state index in [4.69, 9.17) is 4.99 Å². The predicted molar refractivity (Wildman–Crippen MR) is 103 cm³/mol. The Bertz CT molecular complexity index is 650. The van der Waals surface area contributed by atoms with Crippen molar-refractivity contribution in [1.29, 1.82) is 0 Å². The first kappa shape index (κ1) is 17.3. The summed E-state index contributed by atoms with van der Waals surface area (Å²) in [7, 11) is 0. The Morgan fingerprint density at radius 2 is 1.65 bits per heavy atom. The molecule has 23 heavy (non-hydrogen) atoms. The maximum atomic E-state index is 4.77. The highest BCUT2D eigenvalue weighted by molar-refractivity contribution is 5.83. The molecule has 0 bridgehead atoms. The molecule has 0 aromatic heterocycles. The minimum atomic E-state index is 0.479. The van der Waals surface area contributed by atoms with Gasteiger partial charge >= 0.3 is 0 Å². The van der Waals surface area contributed by atoms with Crippen molar-refractivity contribution in [2.75, 3.05) is 18.0 Å². The standard InChI is InChI=1S/C21H28N2/c1-6-23(7-2)19-13-11-18(12-14-19)15-22-21-17(5)9-8-10-20(21)16(3)4/h8-16H,6-7H2,1-5H3. The van der Waals surface area contributed by atoms with Crippen LogP contribution in [0, 0.1) is 6.92 Å². The van der Waals surface area contributed by atoms with Crippen LogP contribution in [0.2, 0.25) is 0 Å². The lowest BCUT2D eigenvalue weighted by Crippen LogP contribution is -2.21. The van der Waals surface area contributed by atoms with E-state index in [0.717, 1.165) is 24.3 Å². The molecular formula is C21H28N2. The molecule has 0 aliphatic rings. The molecule has 0 atom stereocenters. The smallest absolute Gasteiger partial charge is 0.0693 e. The Hall–Kier alpha value is -2.09. The Labute approximate surface area is 140 Å². The number of rotatable bonds is 6. The first-order chi connectivity index (χ1) is 11.1. The van der Waals surface area contributed by atoms with Crippen LogP contribution in [-0.2, 0) is 0 Å². The monoisotopic (exact) mass is 308 g/mol. The third kappa shape index (κ3) is 4.22. The van der Waals surface area contributed by atoms with E-state index in [1.807, 2.05) is 6.21 Å². The van der Waals surface area contributed by atoms with Crippen molar-refractivity contribution in [3.8, 4) is 0 Å². The van der Waals surface area contributed by atoms with Crippen LogP contribution in [0.15, 0.2) is 47.5 Å². The van der Waals surface area contributed by atoms with Crippen LogP contribution in [0.3, 0.4) is 0 Å². The molecule has 0 N–H and O–H groups in total. The second kappa shape index (κ2) is 7.96. The molecule has 0 aliphatic heterocycles. The van der Waals surface area contributed by atoms with Gasteiger partial charge in [-0.05, 0) is 55.5 Å². The van der Waals surface area contributed by atoms with Gasteiger partial charge in [-0.3, -0.25) is 4.99 Å². The fourth-order valence-electron chi connectivity index (χ4n) is 2.82. The largest absolute Gasteiger partial charge is 0.372 e. The van der Waals surface area contributed by atoms with Gasteiger partial charge in [0.1, 0.15) is 0 Å². The molecule has 0 unspecified atom stereocenters. The van der Waals surface area contributed by atoms with Crippen molar-refractivity contribution >= 4 is 17.6 Å². The SMILES string of the molecule is CCN(CC)c1ccc(C=Nc2c(C)cccc2C(C)C)cc1. The maximum Gasteiger partial charge on any atom is 0.0693 e. The fourth-order valence-corrected chi connectivity index (χ4v) is 2.82. The highest BCUT2D eigenvalue weighted by atomic mass is 15.1. The lowest BCUT2D eigenvalue weighted by atomic mass is 9.98. The Morgan fingerprint density at radius 1 is 1.00 bits per heavy atom. The van der Waals surface area contributed by atoms with Crippen LogP contribution >= 0.6 is 0 Å².